The maximum Gasteiger partial charge on any atom is 0.328 e. The Morgan fingerprint density at radius 1 is 1.36 bits per heavy atom. The lowest BCUT2D eigenvalue weighted by Gasteiger charge is -2.22. The van der Waals surface area contributed by atoms with Crippen molar-refractivity contribution in [3.63, 3.8) is 0 Å². The van der Waals surface area contributed by atoms with Gasteiger partial charge >= 0.3 is 5.69 Å². The SMILES string of the molecule is CC(C)(CN)CNc1ncc2[nH]c(=O)n(Cc3ccccc3I)c2n1. The van der Waals surface area contributed by atoms with E-state index in [0.29, 0.717) is 36.7 Å². The topological polar surface area (TPSA) is 102 Å². The summed E-state index contributed by atoms with van der Waals surface area (Å²) in [5.74, 6) is 0.490. The average Bonchev–Trinajstić information content (AvgIpc) is 2.90. The van der Waals surface area contributed by atoms with Crippen molar-refractivity contribution in [2.24, 2.45) is 11.1 Å². The van der Waals surface area contributed by atoms with Gasteiger partial charge in [0.2, 0.25) is 5.95 Å². The number of hydrogen-bond donors (Lipinski definition) is 3. The van der Waals surface area contributed by atoms with Crippen LogP contribution >= 0.6 is 22.6 Å². The summed E-state index contributed by atoms with van der Waals surface area (Å²) in [7, 11) is 0. The van der Waals surface area contributed by atoms with Crippen molar-refractivity contribution >= 4 is 39.7 Å². The Morgan fingerprint density at radius 3 is 2.84 bits per heavy atom. The molecule has 0 bridgehead atoms. The van der Waals surface area contributed by atoms with Crippen LogP contribution in [0.2, 0.25) is 0 Å². The smallest absolute Gasteiger partial charge is 0.328 e. The number of aromatic nitrogens is 4. The first kappa shape index (κ1) is 17.9. The molecule has 0 unspecified atom stereocenters. The maximum atomic E-state index is 12.3. The first-order valence-electron chi connectivity index (χ1n) is 8.02. The van der Waals surface area contributed by atoms with Crippen molar-refractivity contribution in [1.82, 2.24) is 19.5 Å². The van der Waals surface area contributed by atoms with Crippen LogP contribution < -0.4 is 16.7 Å². The fraction of sp³-hybridized carbons (Fsp3) is 0.353. The van der Waals surface area contributed by atoms with Gasteiger partial charge in [0.1, 0.15) is 5.52 Å². The second-order valence-electron chi connectivity index (χ2n) is 6.76. The molecule has 0 fully saturated rings. The number of nitrogens with two attached hydrogens (primary N) is 1. The molecule has 132 valence electrons. The third kappa shape index (κ3) is 4.01. The van der Waals surface area contributed by atoms with Crippen molar-refractivity contribution in [2.75, 3.05) is 18.4 Å². The Bertz CT molecular complexity index is 946. The monoisotopic (exact) mass is 452 g/mol. The molecule has 3 rings (SSSR count). The first-order chi connectivity index (χ1) is 11.9. The van der Waals surface area contributed by atoms with Crippen LogP contribution in [0.3, 0.4) is 0 Å². The zero-order chi connectivity index (χ0) is 18.0. The lowest BCUT2D eigenvalue weighted by atomic mass is 9.94. The molecule has 4 N–H and O–H groups in total. The molecule has 2 aromatic heterocycles. The van der Waals surface area contributed by atoms with Gasteiger partial charge in [-0.25, -0.2) is 9.78 Å². The Labute approximate surface area is 159 Å². The molecule has 0 saturated heterocycles. The van der Waals surface area contributed by atoms with Crippen LogP contribution in [-0.2, 0) is 6.54 Å². The highest BCUT2D eigenvalue weighted by Gasteiger charge is 2.16. The molecule has 7 nitrogen and oxygen atoms in total. The summed E-state index contributed by atoms with van der Waals surface area (Å²) in [6.07, 6.45) is 1.63. The van der Waals surface area contributed by atoms with Crippen molar-refractivity contribution < 1.29 is 0 Å². The van der Waals surface area contributed by atoms with E-state index in [0.717, 1.165) is 9.13 Å². The molecular formula is C17H21IN6O. The van der Waals surface area contributed by atoms with Crippen molar-refractivity contribution in [1.29, 1.82) is 0 Å². The molecule has 0 radical (unpaired) electrons. The lowest BCUT2D eigenvalue weighted by molar-refractivity contribution is 0.404. The third-order valence-corrected chi connectivity index (χ3v) is 5.13. The Hall–Kier alpha value is -1.94. The van der Waals surface area contributed by atoms with E-state index in [4.69, 9.17) is 5.73 Å². The van der Waals surface area contributed by atoms with Crippen LogP contribution in [0.5, 0.6) is 0 Å². The number of rotatable bonds is 6. The molecule has 2 heterocycles. The van der Waals surface area contributed by atoms with Crippen molar-refractivity contribution in [3.8, 4) is 0 Å². The predicted molar refractivity (Wildman–Crippen MR) is 108 cm³/mol. The summed E-state index contributed by atoms with van der Waals surface area (Å²) in [6.45, 7) is 5.82. The second kappa shape index (κ2) is 7.12. The fourth-order valence-corrected chi connectivity index (χ4v) is 2.92. The van der Waals surface area contributed by atoms with Gasteiger partial charge in [0.25, 0.3) is 0 Å². The van der Waals surface area contributed by atoms with Gasteiger partial charge in [-0.2, -0.15) is 4.98 Å². The van der Waals surface area contributed by atoms with Gasteiger partial charge < -0.3 is 16.0 Å². The van der Waals surface area contributed by atoms with E-state index in [1.807, 2.05) is 24.3 Å². The fourth-order valence-electron chi connectivity index (χ4n) is 2.36. The molecule has 0 spiro atoms. The van der Waals surface area contributed by atoms with Gasteiger partial charge in [0.05, 0.1) is 12.7 Å². The molecule has 0 aliphatic heterocycles. The molecule has 25 heavy (non-hydrogen) atoms. The van der Waals surface area contributed by atoms with Crippen LogP contribution in [0.1, 0.15) is 19.4 Å². The summed E-state index contributed by atoms with van der Waals surface area (Å²) in [4.78, 5) is 23.9. The molecular weight excluding hydrogens is 431 g/mol. The Balaban J connectivity index is 1.93. The summed E-state index contributed by atoms with van der Waals surface area (Å²) >= 11 is 2.27. The van der Waals surface area contributed by atoms with Gasteiger partial charge in [0.15, 0.2) is 5.65 Å². The van der Waals surface area contributed by atoms with E-state index in [1.54, 1.807) is 10.8 Å². The van der Waals surface area contributed by atoms with Gasteiger partial charge in [-0.1, -0.05) is 32.0 Å². The molecule has 0 aliphatic carbocycles. The van der Waals surface area contributed by atoms with E-state index < -0.39 is 0 Å². The van der Waals surface area contributed by atoms with E-state index >= 15 is 0 Å². The maximum absolute atomic E-state index is 12.3. The molecule has 0 atom stereocenters. The van der Waals surface area contributed by atoms with Gasteiger partial charge in [-0.15, -0.1) is 0 Å². The number of aromatic amines is 1. The zero-order valence-corrected chi connectivity index (χ0v) is 16.4. The van der Waals surface area contributed by atoms with E-state index in [9.17, 15) is 4.79 Å². The Morgan fingerprint density at radius 2 is 2.12 bits per heavy atom. The van der Waals surface area contributed by atoms with Gasteiger partial charge in [-0.05, 0) is 46.2 Å². The Kier molecular flexibility index (Phi) is 5.09. The number of hydrogen-bond acceptors (Lipinski definition) is 5. The number of halogens is 1. The molecule has 0 saturated carbocycles. The highest BCUT2D eigenvalue weighted by Crippen LogP contribution is 2.17. The second-order valence-corrected chi connectivity index (χ2v) is 7.92. The molecule has 1 aromatic carbocycles. The number of imidazole rings is 1. The van der Waals surface area contributed by atoms with Crippen LogP contribution in [0.25, 0.3) is 11.2 Å². The zero-order valence-electron chi connectivity index (χ0n) is 14.2. The van der Waals surface area contributed by atoms with Crippen LogP contribution in [-0.4, -0.2) is 32.6 Å². The van der Waals surface area contributed by atoms with Crippen LogP contribution in [0, 0.1) is 8.99 Å². The standard InChI is InChI=1S/C17H21IN6O/c1-17(2,9-19)10-21-15-20-7-13-14(23-15)24(16(25)22-13)8-11-5-3-4-6-12(11)18/h3-7H,8-10,19H2,1-2H3,(H,22,25)(H,20,21,23). The van der Waals surface area contributed by atoms with Crippen LogP contribution in [0.15, 0.2) is 35.3 Å². The predicted octanol–water partition coefficient (Wildman–Crippen LogP) is 2.17. The first-order valence-corrected chi connectivity index (χ1v) is 9.10. The van der Waals surface area contributed by atoms with Crippen LogP contribution in [0.4, 0.5) is 5.95 Å². The number of fused-ring (bicyclic) bond motifs is 1. The number of anilines is 1. The third-order valence-electron chi connectivity index (χ3n) is 4.08. The normalized spacial score (nSPS) is 11.8. The highest BCUT2D eigenvalue weighted by atomic mass is 127. The number of nitrogens with zero attached hydrogens (tertiary/aromatic N) is 3. The summed E-state index contributed by atoms with van der Waals surface area (Å²) in [5, 5.41) is 3.21. The summed E-state index contributed by atoms with van der Waals surface area (Å²) in [6, 6.07) is 7.98. The minimum absolute atomic E-state index is 0.0592. The lowest BCUT2D eigenvalue weighted by Crippen LogP contribution is -2.31. The molecule has 3 aromatic rings. The number of nitrogens with one attached hydrogen (secondary N) is 2. The van der Waals surface area contributed by atoms with E-state index in [2.05, 4.69) is 56.7 Å². The van der Waals surface area contributed by atoms with Crippen molar-refractivity contribution in [2.45, 2.75) is 20.4 Å². The van der Waals surface area contributed by atoms with E-state index in [1.165, 1.54) is 0 Å². The number of H-pyrrole nitrogens is 1. The highest BCUT2D eigenvalue weighted by molar-refractivity contribution is 14.1. The van der Waals surface area contributed by atoms with Gasteiger partial charge in [0, 0.05) is 10.1 Å². The average molecular weight is 452 g/mol. The summed E-state index contributed by atoms with van der Waals surface area (Å²) in [5.41, 5.74) is 7.79. The van der Waals surface area contributed by atoms with Gasteiger partial charge in [-0.3, -0.25) is 4.57 Å². The molecule has 0 aliphatic rings. The summed E-state index contributed by atoms with van der Waals surface area (Å²) < 4.78 is 2.74. The van der Waals surface area contributed by atoms with Crippen molar-refractivity contribution in [3.05, 3.63) is 50.1 Å². The number of benzene rings is 1. The van der Waals surface area contributed by atoms with E-state index in [-0.39, 0.29) is 11.1 Å². The quantitative estimate of drug-likeness (QED) is 0.498. The molecule has 0 amide bonds. The minimum atomic E-state index is -0.191. The largest absolute Gasteiger partial charge is 0.354 e. The minimum Gasteiger partial charge on any atom is -0.354 e. The molecule has 8 heteroatoms.